The van der Waals surface area contributed by atoms with Gasteiger partial charge in [0, 0.05) is 11.9 Å². The predicted molar refractivity (Wildman–Crippen MR) is 103 cm³/mol. The number of esters is 3. The van der Waals surface area contributed by atoms with E-state index in [1.807, 2.05) is 0 Å². The molecule has 0 amide bonds. The zero-order valence-electron chi connectivity index (χ0n) is 16.5. The predicted octanol–water partition coefficient (Wildman–Crippen LogP) is 3.13. The van der Waals surface area contributed by atoms with E-state index in [0.29, 0.717) is 11.3 Å². The highest BCUT2D eigenvalue weighted by molar-refractivity contribution is 6.05. The average molecular weight is 385 g/mol. The van der Waals surface area contributed by atoms with Crippen LogP contribution in [0.1, 0.15) is 31.1 Å². The van der Waals surface area contributed by atoms with Gasteiger partial charge in [-0.2, -0.15) is 0 Å². The third-order valence-electron chi connectivity index (χ3n) is 3.67. The highest BCUT2D eigenvalue weighted by atomic mass is 16.6. The van der Waals surface area contributed by atoms with Crippen LogP contribution in [0.4, 0.5) is 5.69 Å². The van der Waals surface area contributed by atoms with Crippen LogP contribution >= 0.6 is 0 Å². The van der Waals surface area contributed by atoms with Crippen molar-refractivity contribution in [3.05, 3.63) is 65.5 Å². The Hall–Kier alpha value is -3.35. The van der Waals surface area contributed by atoms with Crippen LogP contribution < -0.4 is 4.90 Å². The van der Waals surface area contributed by atoms with Gasteiger partial charge in [0.15, 0.2) is 0 Å². The molecule has 1 heterocycles. The summed E-state index contributed by atoms with van der Waals surface area (Å²) in [5.74, 6) is -1.82. The fourth-order valence-corrected chi connectivity index (χ4v) is 2.46. The minimum absolute atomic E-state index is 0.00404. The van der Waals surface area contributed by atoms with Crippen LogP contribution in [0.5, 0.6) is 0 Å². The summed E-state index contributed by atoms with van der Waals surface area (Å²) in [6.45, 7) is 5.36. The summed E-state index contributed by atoms with van der Waals surface area (Å²) in [7, 11) is 2.46. The number of rotatable bonds is 4. The zero-order valence-corrected chi connectivity index (χ0v) is 16.5. The number of carbonyl (C=O) groups is 3. The molecule has 0 spiro atoms. The van der Waals surface area contributed by atoms with Crippen LogP contribution in [0.2, 0.25) is 0 Å². The zero-order chi connectivity index (χ0) is 20.9. The van der Waals surface area contributed by atoms with Crippen molar-refractivity contribution in [2.24, 2.45) is 0 Å². The molecule has 28 heavy (non-hydrogen) atoms. The third-order valence-corrected chi connectivity index (χ3v) is 3.67. The number of ether oxygens (including phenoxy) is 3. The van der Waals surface area contributed by atoms with Gasteiger partial charge in [-0.15, -0.1) is 0 Å². The maximum Gasteiger partial charge on any atom is 0.355 e. The van der Waals surface area contributed by atoms with Crippen LogP contribution in [0.15, 0.2) is 60.0 Å². The number of methoxy groups -OCH3 is 2. The van der Waals surface area contributed by atoms with Crippen molar-refractivity contribution >= 4 is 23.6 Å². The van der Waals surface area contributed by atoms with E-state index in [9.17, 15) is 14.4 Å². The largest absolute Gasteiger partial charge is 0.465 e. The first kappa shape index (κ1) is 21.0. The molecule has 1 aromatic carbocycles. The normalized spacial score (nSPS) is 13.8. The summed E-state index contributed by atoms with van der Waals surface area (Å²) in [6.07, 6.45) is 6.37. The monoisotopic (exact) mass is 385 g/mol. The van der Waals surface area contributed by atoms with E-state index in [1.165, 1.54) is 25.2 Å². The Labute approximate surface area is 163 Å². The molecule has 1 aromatic rings. The van der Waals surface area contributed by atoms with Crippen LogP contribution in [-0.2, 0) is 23.8 Å². The molecule has 0 aromatic heterocycles. The SMILES string of the molecule is COC(=O)C1=C(C(=O)OC)N(c2ccc(C(=O)OC(C)(C)C)cc2)C=CC=C1. The van der Waals surface area contributed by atoms with Gasteiger partial charge in [0.2, 0.25) is 0 Å². The summed E-state index contributed by atoms with van der Waals surface area (Å²) in [5, 5.41) is 0. The van der Waals surface area contributed by atoms with Gasteiger partial charge in [0.25, 0.3) is 0 Å². The van der Waals surface area contributed by atoms with Crippen LogP contribution in [0.25, 0.3) is 0 Å². The molecule has 1 aliphatic rings. The molecule has 0 aliphatic carbocycles. The second kappa shape index (κ2) is 8.56. The second-order valence-corrected chi connectivity index (χ2v) is 6.86. The van der Waals surface area contributed by atoms with Crippen molar-refractivity contribution in [2.75, 3.05) is 19.1 Å². The lowest BCUT2D eigenvalue weighted by Gasteiger charge is -2.23. The molecule has 0 atom stereocenters. The molecular weight excluding hydrogens is 362 g/mol. The molecule has 148 valence electrons. The standard InChI is InChI=1S/C21H23NO6/c1-21(2,3)28-18(23)14-9-11-15(12-10-14)22-13-7-6-8-16(19(24)26-4)17(22)20(25)27-5/h6-13H,1-5H3. The first-order chi connectivity index (χ1) is 13.2. The van der Waals surface area contributed by atoms with Crippen molar-refractivity contribution in [1.29, 1.82) is 0 Å². The molecule has 0 radical (unpaired) electrons. The van der Waals surface area contributed by atoms with Crippen LogP contribution in [0.3, 0.4) is 0 Å². The van der Waals surface area contributed by atoms with Crippen LogP contribution in [0, 0.1) is 0 Å². The topological polar surface area (TPSA) is 82.1 Å². The van der Waals surface area contributed by atoms with Crippen LogP contribution in [-0.4, -0.2) is 37.7 Å². The van der Waals surface area contributed by atoms with Crippen molar-refractivity contribution in [1.82, 2.24) is 0 Å². The molecule has 0 saturated heterocycles. The third kappa shape index (κ3) is 4.88. The van der Waals surface area contributed by atoms with E-state index in [-0.39, 0.29) is 11.3 Å². The molecule has 0 saturated carbocycles. The van der Waals surface area contributed by atoms with Crippen molar-refractivity contribution in [3.63, 3.8) is 0 Å². The van der Waals surface area contributed by atoms with Crippen molar-refractivity contribution in [3.8, 4) is 0 Å². The van der Waals surface area contributed by atoms with E-state index in [4.69, 9.17) is 14.2 Å². The fourth-order valence-electron chi connectivity index (χ4n) is 2.46. The smallest absolute Gasteiger partial charge is 0.355 e. The Morgan fingerprint density at radius 1 is 0.857 bits per heavy atom. The summed E-state index contributed by atoms with van der Waals surface area (Å²) < 4.78 is 15.0. The number of hydrogen-bond donors (Lipinski definition) is 0. The molecule has 0 fully saturated rings. The maximum atomic E-state index is 12.4. The Morgan fingerprint density at radius 3 is 2.00 bits per heavy atom. The first-order valence-corrected chi connectivity index (χ1v) is 8.56. The van der Waals surface area contributed by atoms with Gasteiger partial charge < -0.3 is 19.1 Å². The van der Waals surface area contributed by atoms with E-state index < -0.39 is 23.5 Å². The lowest BCUT2D eigenvalue weighted by molar-refractivity contribution is -0.139. The number of carbonyl (C=O) groups excluding carboxylic acids is 3. The van der Waals surface area contributed by atoms with E-state index >= 15 is 0 Å². The van der Waals surface area contributed by atoms with E-state index in [1.54, 1.807) is 63.4 Å². The number of benzene rings is 1. The Bertz CT molecular complexity index is 856. The molecule has 0 unspecified atom stereocenters. The maximum absolute atomic E-state index is 12.4. The summed E-state index contributed by atoms with van der Waals surface area (Å²) in [5.41, 5.74) is 0.368. The summed E-state index contributed by atoms with van der Waals surface area (Å²) in [6, 6.07) is 6.46. The Morgan fingerprint density at radius 2 is 1.46 bits per heavy atom. The second-order valence-electron chi connectivity index (χ2n) is 6.86. The molecular formula is C21H23NO6. The van der Waals surface area contributed by atoms with E-state index in [0.717, 1.165) is 0 Å². The Balaban J connectivity index is 2.45. The number of anilines is 1. The van der Waals surface area contributed by atoms with Crippen molar-refractivity contribution in [2.45, 2.75) is 26.4 Å². The molecule has 0 N–H and O–H groups in total. The molecule has 1 aliphatic heterocycles. The molecule has 7 heteroatoms. The minimum Gasteiger partial charge on any atom is -0.465 e. The van der Waals surface area contributed by atoms with E-state index in [2.05, 4.69) is 0 Å². The lowest BCUT2D eigenvalue weighted by atomic mass is 10.1. The van der Waals surface area contributed by atoms with Gasteiger partial charge in [-0.25, -0.2) is 14.4 Å². The van der Waals surface area contributed by atoms with Gasteiger partial charge in [0.1, 0.15) is 11.3 Å². The number of nitrogens with zero attached hydrogens (tertiary/aromatic N) is 1. The average Bonchev–Trinajstić information content (AvgIpc) is 2.88. The Kier molecular flexibility index (Phi) is 6.41. The van der Waals surface area contributed by atoms with Crippen molar-refractivity contribution < 1.29 is 28.6 Å². The summed E-state index contributed by atoms with van der Waals surface area (Å²) >= 11 is 0. The highest BCUT2D eigenvalue weighted by Crippen LogP contribution is 2.27. The quantitative estimate of drug-likeness (QED) is 0.582. The molecule has 7 nitrogen and oxygen atoms in total. The molecule has 2 rings (SSSR count). The van der Waals surface area contributed by atoms with Gasteiger partial charge >= 0.3 is 17.9 Å². The lowest BCUT2D eigenvalue weighted by Crippen LogP contribution is -2.27. The van der Waals surface area contributed by atoms with Gasteiger partial charge in [-0.3, -0.25) is 0 Å². The summed E-state index contributed by atoms with van der Waals surface area (Å²) in [4.78, 5) is 38.2. The number of allylic oxidation sites excluding steroid dienone is 2. The number of hydrogen-bond acceptors (Lipinski definition) is 7. The van der Waals surface area contributed by atoms with Gasteiger partial charge in [0.05, 0.1) is 25.4 Å². The minimum atomic E-state index is -0.701. The fraction of sp³-hybridized carbons (Fsp3) is 0.286. The molecule has 0 bridgehead atoms. The van der Waals surface area contributed by atoms with Gasteiger partial charge in [-0.05, 0) is 57.2 Å². The van der Waals surface area contributed by atoms with Gasteiger partial charge in [-0.1, -0.05) is 6.08 Å². The highest BCUT2D eigenvalue weighted by Gasteiger charge is 2.27. The first-order valence-electron chi connectivity index (χ1n) is 8.56.